The maximum absolute atomic E-state index is 8.79. The minimum absolute atomic E-state index is 0.105. The Labute approximate surface area is 92.3 Å². The molecule has 0 aliphatic heterocycles. The number of hydrogen-bond acceptors (Lipinski definition) is 6. The summed E-state index contributed by atoms with van der Waals surface area (Å²) >= 11 is 0. The van der Waals surface area contributed by atoms with Crippen molar-refractivity contribution in [2.75, 3.05) is 0 Å². The second kappa shape index (κ2) is 4.91. The van der Waals surface area contributed by atoms with Gasteiger partial charge in [0.15, 0.2) is 5.89 Å². The Balaban J connectivity index is 1.79. The minimum atomic E-state index is -0.105. The van der Waals surface area contributed by atoms with Crippen molar-refractivity contribution in [2.45, 2.75) is 26.6 Å². The molecule has 2 rings (SSSR count). The molecule has 6 nitrogen and oxygen atoms in total. The zero-order chi connectivity index (χ0) is 11.4. The predicted molar refractivity (Wildman–Crippen MR) is 54.2 cm³/mol. The van der Waals surface area contributed by atoms with E-state index in [9.17, 15) is 0 Å². The van der Waals surface area contributed by atoms with Crippen LogP contribution in [0.4, 0.5) is 0 Å². The number of hydrogen-bond donors (Lipinski definition) is 2. The fourth-order valence-electron chi connectivity index (χ4n) is 1.29. The third kappa shape index (κ3) is 2.68. The van der Waals surface area contributed by atoms with Crippen molar-refractivity contribution in [3.8, 4) is 0 Å². The summed E-state index contributed by atoms with van der Waals surface area (Å²) in [5, 5.41) is 11.9. The summed E-state index contributed by atoms with van der Waals surface area (Å²) in [5.74, 6) is 1.19. The van der Waals surface area contributed by atoms with Gasteiger partial charge in [-0.05, 0) is 0 Å². The van der Waals surface area contributed by atoms with E-state index in [2.05, 4.69) is 15.3 Å². The number of aryl methyl sites for hydroxylation is 1. The van der Waals surface area contributed by atoms with Crippen molar-refractivity contribution in [2.24, 2.45) is 0 Å². The molecule has 0 spiro atoms. The van der Waals surface area contributed by atoms with Crippen molar-refractivity contribution in [3.05, 3.63) is 35.7 Å². The first-order valence-electron chi connectivity index (χ1n) is 4.94. The molecule has 0 unspecified atom stereocenters. The molecule has 0 aromatic carbocycles. The normalized spacial score (nSPS) is 10.9. The molecule has 0 aliphatic rings. The quantitative estimate of drug-likeness (QED) is 0.778. The summed E-state index contributed by atoms with van der Waals surface area (Å²) in [6.07, 6.45) is 3.05. The van der Waals surface area contributed by atoms with Gasteiger partial charge in [0.1, 0.15) is 18.2 Å². The molecule has 6 heteroatoms. The van der Waals surface area contributed by atoms with E-state index >= 15 is 0 Å². The van der Waals surface area contributed by atoms with Gasteiger partial charge in [-0.3, -0.25) is 0 Å². The molecule has 16 heavy (non-hydrogen) atoms. The van der Waals surface area contributed by atoms with Gasteiger partial charge in [-0.25, -0.2) is 9.97 Å². The van der Waals surface area contributed by atoms with Crippen molar-refractivity contribution < 1.29 is 13.9 Å². The highest BCUT2D eigenvalue weighted by molar-refractivity contribution is 4.96. The van der Waals surface area contributed by atoms with E-state index in [1.165, 1.54) is 6.26 Å². The van der Waals surface area contributed by atoms with Crippen LogP contribution >= 0.6 is 0 Å². The molecule has 0 radical (unpaired) electrons. The van der Waals surface area contributed by atoms with Gasteiger partial charge < -0.3 is 19.3 Å². The number of rotatable bonds is 5. The highest BCUT2D eigenvalue weighted by Gasteiger charge is 2.03. The number of aliphatic hydroxyl groups excluding tert-OH is 1. The van der Waals surface area contributed by atoms with Crippen LogP contribution in [-0.4, -0.2) is 15.1 Å². The molecule has 2 N–H and O–H groups in total. The maximum Gasteiger partial charge on any atom is 0.208 e. The minimum Gasteiger partial charge on any atom is -0.449 e. The molecule has 0 bridgehead atoms. The number of nitrogens with zero attached hydrogens (tertiary/aromatic N) is 2. The molecule has 0 aliphatic carbocycles. The van der Waals surface area contributed by atoms with Crippen molar-refractivity contribution in [1.29, 1.82) is 0 Å². The standard InChI is InChI=1S/C10H13N3O3/c1-7-12-8(5-15-7)2-11-3-10-13-9(4-14)6-16-10/h5-6,11,14H,2-4H2,1H3. The van der Waals surface area contributed by atoms with E-state index in [0.717, 1.165) is 5.69 Å². The first kappa shape index (κ1) is 10.8. The first-order chi connectivity index (χ1) is 7.78. The Morgan fingerprint density at radius 3 is 2.62 bits per heavy atom. The van der Waals surface area contributed by atoms with E-state index < -0.39 is 0 Å². The fourth-order valence-corrected chi connectivity index (χ4v) is 1.29. The SMILES string of the molecule is Cc1nc(CNCc2nc(CO)co2)co1. The molecule has 2 heterocycles. The second-order valence-electron chi connectivity index (χ2n) is 3.35. The predicted octanol–water partition coefficient (Wildman–Crippen LogP) is 0.753. The lowest BCUT2D eigenvalue weighted by atomic mass is 10.4. The average Bonchev–Trinajstić information content (AvgIpc) is 2.88. The van der Waals surface area contributed by atoms with Crippen molar-refractivity contribution in [3.63, 3.8) is 0 Å². The monoisotopic (exact) mass is 223 g/mol. The third-order valence-electron chi connectivity index (χ3n) is 2.01. The lowest BCUT2D eigenvalue weighted by molar-refractivity contribution is 0.276. The number of aromatic nitrogens is 2. The fraction of sp³-hybridized carbons (Fsp3) is 0.400. The largest absolute Gasteiger partial charge is 0.449 e. The molecular formula is C10H13N3O3. The van der Waals surface area contributed by atoms with E-state index in [0.29, 0.717) is 30.6 Å². The van der Waals surface area contributed by atoms with Gasteiger partial charge in [-0.2, -0.15) is 0 Å². The first-order valence-corrected chi connectivity index (χ1v) is 4.94. The number of aliphatic hydroxyl groups is 1. The summed E-state index contributed by atoms with van der Waals surface area (Å²) in [6, 6.07) is 0. The van der Waals surface area contributed by atoms with E-state index in [1.54, 1.807) is 13.2 Å². The zero-order valence-corrected chi connectivity index (χ0v) is 8.93. The van der Waals surface area contributed by atoms with Crippen LogP contribution in [0.1, 0.15) is 23.2 Å². The summed E-state index contributed by atoms with van der Waals surface area (Å²) in [6.45, 7) is 2.77. The van der Waals surface area contributed by atoms with Crippen LogP contribution in [0.15, 0.2) is 21.4 Å². The van der Waals surface area contributed by atoms with Crippen LogP contribution in [0.3, 0.4) is 0 Å². The van der Waals surface area contributed by atoms with Crippen LogP contribution < -0.4 is 5.32 Å². The van der Waals surface area contributed by atoms with E-state index in [-0.39, 0.29) is 6.61 Å². The van der Waals surface area contributed by atoms with E-state index in [1.807, 2.05) is 0 Å². The Bertz CT molecular complexity index is 450. The molecule has 0 fully saturated rings. The highest BCUT2D eigenvalue weighted by Crippen LogP contribution is 2.03. The third-order valence-corrected chi connectivity index (χ3v) is 2.01. The summed E-state index contributed by atoms with van der Waals surface area (Å²) in [7, 11) is 0. The molecule has 0 saturated heterocycles. The summed E-state index contributed by atoms with van der Waals surface area (Å²) < 4.78 is 10.2. The second-order valence-corrected chi connectivity index (χ2v) is 3.35. The molecule has 86 valence electrons. The zero-order valence-electron chi connectivity index (χ0n) is 8.93. The van der Waals surface area contributed by atoms with Gasteiger partial charge in [0.05, 0.1) is 18.8 Å². The number of nitrogens with one attached hydrogen (secondary N) is 1. The Morgan fingerprint density at radius 1 is 1.19 bits per heavy atom. The van der Waals surface area contributed by atoms with Crippen LogP contribution in [0.25, 0.3) is 0 Å². The average molecular weight is 223 g/mol. The maximum atomic E-state index is 8.79. The summed E-state index contributed by atoms with van der Waals surface area (Å²) in [5.41, 5.74) is 1.38. The summed E-state index contributed by atoms with van der Waals surface area (Å²) in [4.78, 5) is 8.19. The van der Waals surface area contributed by atoms with Gasteiger partial charge in [0.25, 0.3) is 0 Å². The molecular weight excluding hydrogens is 210 g/mol. The molecule has 2 aromatic rings. The Morgan fingerprint density at radius 2 is 2.00 bits per heavy atom. The van der Waals surface area contributed by atoms with Gasteiger partial charge >= 0.3 is 0 Å². The smallest absolute Gasteiger partial charge is 0.208 e. The van der Waals surface area contributed by atoms with Crippen LogP contribution in [0.5, 0.6) is 0 Å². The highest BCUT2D eigenvalue weighted by atomic mass is 16.3. The topological polar surface area (TPSA) is 84.3 Å². The van der Waals surface area contributed by atoms with Crippen LogP contribution in [-0.2, 0) is 19.7 Å². The Hall–Kier alpha value is -1.66. The van der Waals surface area contributed by atoms with Crippen molar-refractivity contribution in [1.82, 2.24) is 15.3 Å². The Kier molecular flexibility index (Phi) is 3.33. The van der Waals surface area contributed by atoms with Crippen LogP contribution in [0.2, 0.25) is 0 Å². The van der Waals surface area contributed by atoms with Gasteiger partial charge in [-0.1, -0.05) is 0 Å². The van der Waals surface area contributed by atoms with Gasteiger partial charge in [0.2, 0.25) is 5.89 Å². The van der Waals surface area contributed by atoms with Crippen molar-refractivity contribution >= 4 is 0 Å². The van der Waals surface area contributed by atoms with Gasteiger partial charge in [0, 0.05) is 13.5 Å². The van der Waals surface area contributed by atoms with Gasteiger partial charge in [-0.15, -0.1) is 0 Å². The molecule has 0 saturated carbocycles. The molecule has 0 atom stereocenters. The molecule has 2 aromatic heterocycles. The lowest BCUT2D eigenvalue weighted by Gasteiger charge is -1.97. The van der Waals surface area contributed by atoms with Crippen LogP contribution in [0, 0.1) is 6.92 Å². The van der Waals surface area contributed by atoms with E-state index in [4.69, 9.17) is 13.9 Å². The number of oxazole rings is 2. The lowest BCUT2D eigenvalue weighted by Crippen LogP contribution is -2.13. The molecule has 0 amide bonds.